The predicted octanol–water partition coefficient (Wildman–Crippen LogP) is 3.07. The largest absolute Gasteiger partial charge is 0.379 e. The summed E-state index contributed by atoms with van der Waals surface area (Å²) in [5, 5.41) is 14.0. The molecule has 1 aromatic rings. The number of halogens is 1. The minimum absolute atomic E-state index is 0.0279. The van der Waals surface area contributed by atoms with E-state index in [2.05, 4.69) is 5.32 Å². The molecule has 1 saturated carbocycles. The summed E-state index contributed by atoms with van der Waals surface area (Å²) in [5.74, 6) is 0.670. The Bertz CT molecular complexity index is 391. The highest BCUT2D eigenvalue weighted by Crippen LogP contribution is 2.34. The predicted molar refractivity (Wildman–Crippen MR) is 59.3 cm³/mol. The van der Waals surface area contributed by atoms with E-state index in [0.717, 1.165) is 6.54 Å². The highest BCUT2D eigenvalue weighted by atomic mass is 35.5. The topological polar surface area (TPSA) is 55.2 Å². The van der Waals surface area contributed by atoms with Gasteiger partial charge in [0.1, 0.15) is 10.7 Å². The molecule has 0 heterocycles. The molecule has 1 aliphatic carbocycles. The van der Waals surface area contributed by atoms with E-state index in [1.54, 1.807) is 12.1 Å². The number of benzene rings is 1. The Morgan fingerprint density at radius 1 is 1.53 bits per heavy atom. The van der Waals surface area contributed by atoms with Gasteiger partial charge in [-0.2, -0.15) is 0 Å². The first-order chi connectivity index (χ1) is 7.18. The SMILES string of the molecule is O=[N+]([O-])c1c(Cl)cccc1NCC1CC1. The number of para-hydroxylation sites is 1. The molecular weight excluding hydrogens is 216 g/mol. The summed E-state index contributed by atoms with van der Waals surface area (Å²) < 4.78 is 0. The molecule has 2 rings (SSSR count). The summed E-state index contributed by atoms with van der Waals surface area (Å²) in [6, 6.07) is 4.93. The molecule has 1 fully saturated rings. The van der Waals surface area contributed by atoms with Gasteiger partial charge in [0.05, 0.1) is 4.92 Å². The normalized spacial score (nSPS) is 15.0. The smallest absolute Gasteiger partial charge is 0.310 e. The third kappa shape index (κ3) is 2.39. The fraction of sp³-hybridized carbons (Fsp3) is 0.400. The minimum Gasteiger partial charge on any atom is -0.379 e. The second-order valence-electron chi connectivity index (χ2n) is 3.72. The number of hydrogen-bond acceptors (Lipinski definition) is 3. The molecule has 1 N–H and O–H groups in total. The van der Waals surface area contributed by atoms with Crippen molar-refractivity contribution >= 4 is 23.0 Å². The maximum absolute atomic E-state index is 10.8. The third-order valence-corrected chi connectivity index (χ3v) is 2.75. The van der Waals surface area contributed by atoms with E-state index < -0.39 is 4.92 Å². The molecule has 4 nitrogen and oxygen atoms in total. The van der Waals surface area contributed by atoms with Crippen LogP contribution in [0.15, 0.2) is 18.2 Å². The first-order valence-corrected chi connectivity index (χ1v) is 5.23. The Balaban J connectivity index is 2.19. The molecule has 0 bridgehead atoms. The Hall–Kier alpha value is -1.29. The van der Waals surface area contributed by atoms with E-state index in [-0.39, 0.29) is 10.7 Å². The standard InChI is InChI=1S/C10H11ClN2O2/c11-8-2-1-3-9(10(8)13(14)15)12-6-7-4-5-7/h1-3,7,12H,4-6H2. The Morgan fingerprint density at radius 3 is 2.87 bits per heavy atom. The van der Waals surface area contributed by atoms with Crippen LogP contribution < -0.4 is 5.32 Å². The third-order valence-electron chi connectivity index (χ3n) is 2.45. The molecule has 15 heavy (non-hydrogen) atoms. The van der Waals surface area contributed by atoms with Gasteiger partial charge in [0.25, 0.3) is 0 Å². The monoisotopic (exact) mass is 226 g/mol. The van der Waals surface area contributed by atoms with E-state index in [1.807, 2.05) is 0 Å². The number of nitro benzene ring substituents is 1. The van der Waals surface area contributed by atoms with E-state index in [9.17, 15) is 10.1 Å². The van der Waals surface area contributed by atoms with Crippen LogP contribution in [0.5, 0.6) is 0 Å². The molecule has 1 aromatic carbocycles. The van der Waals surface area contributed by atoms with Crippen molar-refractivity contribution in [2.75, 3.05) is 11.9 Å². The molecule has 0 aromatic heterocycles. The van der Waals surface area contributed by atoms with E-state index in [4.69, 9.17) is 11.6 Å². The van der Waals surface area contributed by atoms with Crippen LogP contribution in [0.1, 0.15) is 12.8 Å². The van der Waals surface area contributed by atoms with Crippen LogP contribution in [0.4, 0.5) is 11.4 Å². The number of anilines is 1. The van der Waals surface area contributed by atoms with Crippen LogP contribution >= 0.6 is 11.6 Å². The molecule has 1 aliphatic rings. The molecule has 5 heteroatoms. The van der Waals surface area contributed by atoms with Crippen molar-refractivity contribution in [3.63, 3.8) is 0 Å². The summed E-state index contributed by atoms with van der Waals surface area (Å²) in [7, 11) is 0. The van der Waals surface area contributed by atoms with E-state index in [0.29, 0.717) is 11.6 Å². The van der Waals surface area contributed by atoms with Gasteiger partial charge < -0.3 is 5.32 Å². The maximum atomic E-state index is 10.8. The molecule has 80 valence electrons. The lowest BCUT2D eigenvalue weighted by Crippen LogP contribution is -2.05. The first-order valence-electron chi connectivity index (χ1n) is 4.85. The Morgan fingerprint density at radius 2 is 2.27 bits per heavy atom. The van der Waals surface area contributed by atoms with Gasteiger partial charge in [0.15, 0.2) is 0 Å². The van der Waals surface area contributed by atoms with Crippen molar-refractivity contribution in [2.45, 2.75) is 12.8 Å². The highest BCUT2D eigenvalue weighted by Gasteiger charge is 2.23. The van der Waals surface area contributed by atoms with Crippen LogP contribution in [0, 0.1) is 16.0 Å². The average Bonchev–Trinajstić information content (AvgIpc) is 2.97. The van der Waals surface area contributed by atoms with Crippen molar-refractivity contribution in [3.05, 3.63) is 33.3 Å². The van der Waals surface area contributed by atoms with Crippen LogP contribution in [0.25, 0.3) is 0 Å². The molecule has 0 unspecified atom stereocenters. The van der Waals surface area contributed by atoms with Gasteiger partial charge in [-0.3, -0.25) is 10.1 Å². The van der Waals surface area contributed by atoms with Crippen molar-refractivity contribution in [3.8, 4) is 0 Å². The van der Waals surface area contributed by atoms with Crippen molar-refractivity contribution < 1.29 is 4.92 Å². The van der Waals surface area contributed by atoms with Gasteiger partial charge >= 0.3 is 5.69 Å². The second kappa shape index (κ2) is 4.06. The Labute approximate surface area is 92.4 Å². The zero-order valence-electron chi connectivity index (χ0n) is 8.07. The van der Waals surface area contributed by atoms with Crippen molar-refractivity contribution in [1.29, 1.82) is 0 Å². The van der Waals surface area contributed by atoms with Crippen LogP contribution in [0.3, 0.4) is 0 Å². The maximum Gasteiger partial charge on any atom is 0.310 e. The van der Waals surface area contributed by atoms with Gasteiger partial charge in [0.2, 0.25) is 0 Å². The number of rotatable bonds is 4. The quantitative estimate of drug-likeness (QED) is 0.634. The summed E-state index contributed by atoms with van der Waals surface area (Å²) in [5.41, 5.74) is 0.485. The molecular formula is C10H11ClN2O2. The van der Waals surface area contributed by atoms with E-state index in [1.165, 1.54) is 18.9 Å². The zero-order chi connectivity index (χ0) is 10.8. The van der Waals surface area contributed by atoms with Crippen molar-refractivity contribution in [2.24, 2.45) is 5.92 Å². The minimum atomic E-state index is -0.447. The fourth-order valence-corrected chi connectivity index (χ4v) is 1.66. The van der Waals surface area contributed by atoms with Gasteiger partial charge in [-0.15, -0.1) is 0 Å². The average molecular weight is 227 g/mol. The van der Waals surface area contributed by atoms with Crippen LogP contribution in [0.2, 0.25) is 5.02 Å². The Kier molecular flexibility index (Phi) is 2.77. The first kappa shape index (κ1) is 10.2. The van der Waals surface area contributed by atoms with Crippen LogP contribution in [-0.4, -0.2) is 11.5 Å². The van der Waals surface area contributed by atoms with E-state index >= 15 is 0 Å². The summed E-state index contributed by atoms with van der Waals surface area (Å²) >= 11 is 5.77. The summed E-state index contributed by atoms with van der Waals surface area (Å²) in [6.07, 6.45) is 2.42. The highest BCUT2D eigenvalue weighted by molar-refractivity contribution is 6.33. The lowest BCUT2D eigenvalue weighted by molar-refractivity contribution is -0.383. The van der Waals surface area contributed by atoms with Gasteiger partial charge in [0, 0.05) is 6.54 Å². The van der Waals surface area contributed by atoms with Crippen molar-refractivity contribution in [1.82, 2.24) is 0 Å². The number of nitrogens with one attached hydrogen (secondary N) is 1. The second-order valence-corrected chi connectivity index (χ2v) is 4.12. The summed E-state index contributed by atoms with van der Waals surface area (Å²) in [6.45, 7) is 0.793. The molecule has 0 aliphatic heterocycles. The molecule has 0 atom stereocenters. The number of nitrogens with zero attached hydrogens (tertiary/aromatic N) is 1. The zero-order valence-corrected chi connectivity index (χ0v) is 8.83. The molecule has 0 spiro atoms. The van der Waals surface area contributed by atoms with Gasteiger partial charge in [-0.05, 0) is 30.9 Å². The van der Waals surface area contributed by atoms with Gasteiger partial charge in [-0.25, -0.2) is 0 Å². The molecule has 0 saturated heterocycles. The van der Waals surface area contributed by atoms with Gasteiger partial charge in [-0.1, -0.05) is 17.7 Å². The lowest BCUT2D eigenvalue weighted by Gasteiger charge is -2.06. The fourth-order valence-electron chi connectivity index (χ4n) is 1.42. The number of hydrogen-bond donors (Lipinski definition) is 1. The summed E-state index contributed by atoms with van der Waals surface area (Å²) in [4.78, 5) is 10.3. The van der Waals surface area contributed by atoms with Crippen LogP contribution in [-0.2, 0) is 0 Å². The molecule has 0 radical (unpaired) electrons. The number of nitro groups is 1. The lowest BCUT2D eigenvalue weighted by atomic mass is 10.2. The molecule has 0 amide bonds.